The summed E-state index contributed by atoms with van der Waals surface area (Å²) < 4.78 is 0. The van der Waals surface area contributed by atoms with E-state index in [4.69, 9.17) is 11.6 Å². The van der Waals surface area contributed by atoms with Crippen molar-refractivity contribution in [2.75, 3.05) is 18.4 Å². The Morgan fingerprint density at radius 1 is 0.950 bits per heavy atom. The summed E-state index contributed by atoms with van der Waals surface area (Å²) >= 11 is 6.04. The molecular formula is C16H17ClN2O. The second-order valence-corrected chi connectivity index (χ2v) is 4.79. The van der Waals surface area contributed by atoms with Crippen molar-refractivity contribution in [1.29, 1.82) is 0 Å². The minimum atomic E-state index is -0.0386. The molecule has 2 aromatic carbocycles. The molecule has 0 aliphatic heterocycles. The van der Waals surface area contributed by atoms with Crippen LogP contribution in [0.1, 0.15) is 16.8 Å². The third kappa shape index (κ3) is 4.28. The van der Waals surface area contributed by atoms with Gasteiger partial charge in [0.05, 0.1) is 10.7 Å². The van der Waals surface area contributed by atoms with Gasteiger partial charge in [0, 0.05) is 18.7 Å². The molecule has 0 aliphatic carbocycles. The van der Waals surface area contributed by atoms with E-state index in [1.54, 1.807) is 12.1 Å². The summed E-state index contributed by atoms with van der Waals surface area (Å²) in [5, 5.41) is 6.84. The third-order valence-electron chi connectivity index (χ3n) is 2.86. The van der Waals surface area contributed by atoms with Crippen LogP contribution < -0.4 is 10.6 Å². The van der Waals surface area contributed by atoms with E-state index in [9.17, 15) is 4.79 Å². The molecule has 4 heteroatoms. The van der Waals surface area contributed by atoms with Crippen molar-refractivity contribution < 1.29 is 4.79 Å². The number of anilines is 1. The maximum absolute atomic E-state index is 11.8. The molecule has 104 valence electrons. The average molecular weight is 289 g/mol. The summed E-state index contributed by atoms with van der Waals surface area (Å²) in [6.45, 7) is 1.39. The molecule has 0 saturated carbocycles. The first-order chi connectivity index (χ1) is 9.77. The van der Waals surface area contributed by atoms with Crippen LogP contribution in [-0.2, 0) is 0 Å². The number of nitrogens with one attached hydrogen (secondary N) is 2. The predicted octanol–water partition coefficient (Wildman–Crippen LogP) is 3.57. The third-order valence-corrected chi connectivity index (χ3v) is 3.19. The van der Waals surface area contributed by atoms with Gasteiger partial charge in [-0.15, -0.1) is 0 Å². The highest BCUT2D eigenvalue weighted by Crippen LogP contribution is 2.19. The lowest BCUT2D eigenvalue weighted by Gasteiger charge is -2.09. The highest BCUT2D eigenvalue weighted by Gasteiger charge is 2.02. The van der Waals surface area contributed by atoms with Crippen molar-refractivity contribution in [1.82, 2.24) is 5.32 Å². The van der Waals surface area contributed by atoms with Crippen LogP contribution in [0.5, 0.6) is 0 Å². The molecule has 0 aliphatic rings. The van der Waals surface area contributed by atoms with Gasteiger partial charge in [0.2, 0.25) is 0 Å². The molecule has 0 fully saturated rings. The molecule has 0 heterocycles. The minimum Gasteiger partial charge on any atom is -0.384 e. The molecule has 0 aromatic heterocycles. The summed E-state index contributed by atoms with van der Waals surface area (Å²) in [5.74, 6) is -0.0386. The van der Waals surface area contributed by atoms with Crippen molar-refractivity contribution >= 4 is 23.2 Å². The molecule has 0 atom stereocenters. The van der Waals surface area contributed by atoms with E-state index >= 15 is 0 Å². The van der Waals surface area contributed by atoms with Gasteiger partial charge in [-0.25, -0.2) is 0 Å². The summed E-state index contributed by atoms with van der Waals surface area (Å²) in [4.78, 5) is 11.8. The molecule has 2 N–H and O–H groups in total. The molecule has 1 amide bonds. The van der Waals surface area contributed by atoms with Crippen molar-refractivity contribution in [2.45, 2.75) is 6.42 Å². The fourth-order valence-electron chi connectivity index (χ4n) is 1.81. The zero-order valence-electron chi connectivity index (χ0n) is 11.1. The standard InChI is InChI=1S/C16H17ClN2O/c17-14-9-4-5-10-15(14)18-11-6-12-19-16(20)13-7-2-1-3-8-13/h1-5,7-10,18H,6,11-12H2,(H,19,20). The van der Waals surface area contributed by atoms with Crippen LogP contribution in [0, 0.1) is 0 Å². The number of carbonyl (C=O) groups is 1. The largest absolute Gasteiger partial charge is 0.384 e. The second-order valence-electron chi connectivity index (χ2n) is 4.38. The summed E-state index contributed by atoms with van der Waals surface area (Å²) in [6.07, 6.45) is 0.837. The number of hydrogen-bond donors (Lipinski definition) is 2. The Kier molecular flexibility index (Phi) is 5.44. The Morgan fingerprint density at radius 3 is 2.40 bits per heavy atom. The van der Waals surface area contributed by atoms with Crippen LogP contribution in [-0.4, -0.2) is 19.0 Å². The highest BCUT2D eigenvalue weighted by atomic mass is 35.5. The van der Waals surface area contributed by atoms with Gasteiger partial charge in [-0.1, -0.05) is 41.9 Å². The van der Waals surface area contributed by atoms with Gasteiger partial charge in [-0.2, -0.15) is 0 Å². The van der Waals surface area contributed by atoms with E-state index < -0.39 is 0 Å². The van der Waals surface area contributed by atoms with Crippen LogP contribution in [0.4, 0.5) is 5.69 Å². The number of amides is 1. The molecule has 0 saturated heterocycles. The van der Waals surface area contributed by atoms with E-state index in [-0.39, 0.29) is 5.91 Å². The first-order valence-electron chi connectivity index (χ1n) is 6.59. The molecule has 0 radical (unpaired) electrons. The fourth-order valence-corrected chi connectivity index (χ4v) is 2.01. The van der Waals surface area contributed by atoms with Crippen molar-refractivity contribution in [3.8, 4) is 0 Å². The van der Waals surface area contributed by atoms with E-state index in [0.717, 1.165) is 18.7 Å². The molecule has 2 rings (SSSR count). The molecule has 3 nitrogen and oxygen atoms in total. The summed E-state index contributed by atoms with van der Waals surface area (Å²) in [7, 11) is 0. The molecular weight excluding hydrogens is 272 g/mol. The Balaban J connectivity index is 1.67. The van der Waals surface area contributed by atoms with Crippen LogP contribution >= 0.6 is 11.6 Å². The smallest absolute Gasteiger partial charge is 0.251 e. The number of benzene rings is 2. The Bertz CT molecular complexity index is 557. The van der Waals surface area contributed by atoms with Crippen molar-refractivity contribution in [3.05, 3.63) is 65.2 Å². The molecule has 2 aromatic rings. The maximum atomic E-state index is 11.8. The first-order valence-corrected chi connectivity index (χ1v) is 6.97. The molecule has 0 unspecified atom stereocenters. The zero-order valence-corrected chi connectivity index (χ0v) is 11.9. The average Bonchev–Trinajstić information content (AvgIpc) is 2.49. The monoisotopic (exact) mass is 288 g/mol. The van der Waals surface area contributed by atoms with E-state index in [2.05, 4.69) is 10.6 Å². The van der Waals surface area contributed by atoms with Crippen LogP contribution in [0.3, 0.4) is 0 Å². The van der Waals surface area contributed by atoms with E-state index in [1.807, 2.05) is 42.5 Å². The number of carbonyl (C=O) groups excluding carboxylic acids is 1. The Labute approximate surface area is 124 Å². The molecule has 20 heavy (non-hydrogen) atoms. The first kappa shape index (κ1) is 14.4. The number of rotatable bonds is 6. The van der Waals surface area contributed by atoms with Gasteiger partial charge in [0.25, 0.3) is 5.91 Å². The number of hydrogen-bond acceptors (Lipinski definition) is 2. The van der Waals surface area contributed by atoms with Gasteiger partial charge in [-0.05, 0) is 30.7 Å². The van der Waals surface area contributed by atoms with Crippen molar-refractivity contribution in [3.63, 3.8) is 0 Å². The quantitative estimate of drug-likeness (QED) is 0.798. The highest BCUT2D eigenvalue weighted by molar-refractivity contribution is 6.33. The summed E-state index contributed by atoms with van der Waals surface area (Å²) in [5.41, 5.74) is 1.61. The number of para-hydroxylation sites is 1. The van der Waals surface area contributed by atoms with Gasteiger partial charge in [-0.3, -0.25) is 4.79 Å². The second kappa shape index (κ2) is 7.56. The molecule has 0 spiro atoms. The maximum Gasteiger partial charge on any atom is 0.251 e. The van der Waals surface area contributed by atoms with Crippen LogP contribution in [0.15, 0.2) is 54.6 Å². The van der Waals surface area contributed by atoms with E-state index in [0.29, 0.717) is 17.1 Å². The Hall–Kier alpha value is -2.00. The lowest BCUT2D eigenvalue weighted by Crippen LogP contribution is -2.25. The Morgan fingerprint density at radius 2 is 1.65 bits per heavy atom. The molecule has 0 bridgehead atoms. The van der Waals surface area contributed by atoms with E-state index in [1.165, 1.54) is 0 Å². The topological polar surface area (TPSA) is 41.1 Å². The van der Waals surface area contributed by atoms with Gasteiger partial charge in [0.1, 0.15) is 0 Å². The van der Waals surface area contributed by atoms with Gasteiger partial charge < -0.3 is 10.6 Å². The van der Waals surface area contributed by atoms with Crippen LogP contribution in [0.25, 0.3) is 0 Å². The SMILES string of the molecule is O=C(NCCCNc1ccccc1Cl)c1ccccc1. The normalized spacial score (nSPS) is 10.1. The van der Waals surface area contributed by atoms with Gasteiger partial charge >= 0.3 is 0 Å². The zero-order chi connectivity index (χ0) is 14.2. The minimum absolute atomic E-state index is 0.0386. The predicted molar refractivity (Wildman–Crippen MR) is 83.3 cm³/mol. The fraction of sp³-hybridized carbons (Fsp3) is 0.188. The lowest BCUT2D eigenvalue weighted by atomic mass is 10.2. The summed E-state index contributed by atoms with van der Waals surface area (Å²) in [6, 6.07) is 16.8. The van der Waals surface area contributed by atoms with Crippen LogP contribution in [0.2, 0.25) is 5.02 Å². The van der Waals surface area contributed by atoms with Crippen molar-refractivity contribution in [2.24, 2.45) is 0 Å². The number of halogens is 1. The van der Waals surface area contributed by atoms with Gasteiger partial charge in [0.15, 0.2) is 0 Å². The lowest BCUT2D eigenvalue weighted by molar-refractivity contribution is 0.0953.